The fourth-order valence-corrected chi connectivity index (χ4v) is 3.54. The molecule has 0 unspecified atom stereocenters. The number of anilines is 2. The van der Waals surface area contributed by atoms with E-state index in [1.165, 1.54) is 12.1 Å². The summed E-state index contributed by atoms with van der Waals surface area (Å²) < 4.78 is 0. The second kappa shape index (κ2) is 8.18. The van der Waals surface area contributed by atoms with Crippen LogP contribution in [-0.4, -0.2) is 10.8 Å². The molecule has 3 aromatic carbocycles. The van der Waals surface area contributed by atoms with E-state index in [0.717, 1.165) is 0 Å². The van der Waals surface area contributed by atoms with Crippen molar-refractivity contribution in [2.24, 2.45) is 0 Å². The zero-order valence-electron chi connectivity index (χ0n) is 15.5. The number of hydrogen-bond acceptors (Lipinski definition) is 4. The highest BCUT2D eigenvalue weighted by Crippen LogP contribution is 2.37. The smallest absolute Gasteiger partial charge is 0.275 e. The molecule has 6 nitrogen and oxygen atoms in total. The van der Waals surface area contributed by atoms with Crippen LogP contribution in [0.15, 0.2) is 84.6 Å². The van der Waals surface area contributed by atoms with E-state index in [2.05, 4.69) is 5.32 Å². The summed E-state index contributed by atoms with van der Waals surface area (Å²) in [5.74, 6) is -0.260. The summed E-state index contributed by atoms with van der Waals surface area (Å²) in [5, 5.41) is 15.5. The maximum absolute atomic E-state index is 13.3. The van der Waals surface area contributed by atoms with Gasteiger partial charge in [-0.15, -0.1) is 0 Å². The molecule has 1 aliphatic rings. The van der Waals surface area contributed by atoms with E-state index in [0.29, 0.717) is 32.7 Å². The summed E-state index contributed by atoms with van der Waals surface area (Å²) in [6, 6.07) is 19.6. The van der Waals surface area contributed by atoms with Crippen molar-refractivity contribution in [1.29, 1.82) is 0 Å². The number of nitro benzene ring substituents is 1. The van der Waals surface area contributed by atoms with Crippen LogP contribution in [0.25, 0.3) is 0 Å². The van der Waals surface area contributed by atoms with Gasteiger partial charge in [-0.3, -0.25) is 19.8 Å². The lowest BCUT2D eigenvalue weighted by Crippen LogP contribution is -2.30. The van der Waals surface area contributed by atoms with Gasteiger partial charge < -0.3 is 5.32 Å². The molecule has 8 heteroatoms. The minimum atomic E-state index is -0.520. The molecule has 1 atom stereocenters. The minimum absolute atomic E-state index is 0.0384. The predicted molar refractivity (Wildman–Crippen MR) is 118 cm³/mol. The standard InChI is InChI=1S/C22H15Cl2N3O3/c23-15-4-8-17(9-5-15)25-20-13-21(14-2-1-3-19(12-14)27(29)30)26(22(20)28)18-10-6-16(24)7-11-18/h1-13,21,25H/t21-/m1/s1. The SMILES string of the molecule is O=C1C(Nc2ccc(Cl)cc2)=C[C@H](c2cccc([N+](=O)[O-])c2)N1c1ccc(Cl)cc1. The lowest BCUT2D eigenvalue weighted by molar-refractivity contribution is -0.384. The maximum atomic E-state index is 13.3. The third-order valence-electron chi connectivity index (χ3n) is 4.70. The number of carbonyl (C=O) groups is 1. The summed E-state index contributed by atoms with van der Waals surface area (Å²) >= 11 is 11.9. The number of halogens is 2. The quantitative estimate of drug-likeness (QED) is 0.391. The Morgan fingerprint density at radius 2 is 1.57 bits per heavy atom. The summed E-state index contributed by atoms with van der Waals surface area (Å²) in [6.45, 7) is 0. The highest BCUT2D eigenvalue weighted by molar-refractivity contribution is 6.31. The van der Waals surface area contributed by atoms with Gasteiger partial charge in [0.25, 0.3) is 11.6 Å². The van der Waals surface area contributed by atoms with Crippen molar-refractivity contribution < 1.29 is 9.72 Å². The molecule has 1 heterocycles. The molecular weight excluding hydrogens is 425 g/mol. The van der Waals surface area contributed by atoms with Gasteiger partial charge in [0.1, 0.15) is 5.70 Å². The molecular formula is C22H15Cl2N3O3. The monoisotopic (exact) mass is 439 g/mol. The Morgan fingerprint density at radius 1 is 0.933 bits per heavy atom. The largest absolute Gasteiger partial charge is 0.351 e. The van der Waals surface area contributed by atoms with Crippen molar-refractivity contribution in [2.75, 3.05) is 10.2 Å². The summed E-state index contributed by atoms with van der Waals surface area (Å²) in [5.41, 5.74) is 2.28. The molecule has 4 rings (SSSR count). The van der Waals surface area contributed by atoms with Crippen molar-refractivity contribution in [3.63, 3.8) is 0 Å². The number of benzene rings is 3. The van der Waals surface area contributed by atoms with Crippen molar-refractivity contribution >= 4 is 46.2 Å². The number of nitro groups is 1. The third-order valence-corrected chi connectivity index (χ3v) is 5.21. The average Bonchev–Trinajstić information content (AvgIpc) is 3.06. The number of nitrogens with zero attached hydrogens (tertiary/aromatic N) is 2. The molecule has 3 aromatic rings. The number of rotatable bonds is 5. The fourth-order valence-electron chi connectivity index (χ4n) is 3.29. The van der Waals surface area contributed by atoms with E-state index in [9.17, 15) is 14.9 Å². The molecule has 0 aliphatic carbocycles. The molecule has 0 radical (unpaired) electrons. The summed E-state index contributed by atoms with van der Waals surface area (Å²) in [7, 11) is 0. The Balaban J connectivity index is 1.75. The van der Waals surface area contributed by atoms with Crippen LogP contribution in [0.2, 0.25) is 10.0 Å². The van der Waals surface area contributed by atoms with Gasteiger partial charge in [0.2, 0.25) is 0 Å². The highest BCUT2D eigenvalue weighted by atomic mass is 35.5. The molecule has 1 N–H and O–H groups in total. The Bertz CT molecular complexity index is 1150. The van der Waals surface area contributed by atoms with Crippen LogP contribution in [0.1, 0.15) is 11.6 Å². The van der Waals surface area contributed by atoms with Crippen molar-refractivity contribution in [1.82, 2.24) is 0 Å². The molecule has 150 valence electrons. The second-order valence-corrected chi connectivity index (χ2v) is 7.53. The Morgan fingerprint density at radius 3 is 2.20 bits per heavy atom. The third kappa shape index (κ3) is 4.01. The second-order valence-electron chi connectivity index (χ2n) is 6.66. The van der Waals surface area contributed by atoms with Gasteiger partial charge in [-0.25, -0.2) is 0 Å². The Kier molecular flexibility index (Phi) is 5.44. The Hall–Kier alpha value is -3.35. The van der Waals surface area contributed by atoms with Gasteiger partial charge in [-0.1, -0.05) is 35.3 Å². The first-order valence-corrected chi connectivity index (χ1v) is 9.76. The number of amides is 1. The first-order valence-electron chi connectivity index (χ1n) is 9.00. The van der Waals surface area contributed by atoms with Crippen LogP contribution in [0.3, 0.4) is 0 Å². The van der Waals surface area contributed by atoms with Gasteiger partial charge in [-0.2, -0.15) is 0 Å². The van der Waals surface area contributed by atoms with E-state index < -0.39 is 11.0 Å². The average molecular weight is 440 g/mol. The zero-order chi connectivity index (χ0) is 21.3. The predicted octanol–water partition coefficient (Wildman–Crippen LogP) is 5.99. The van der Waals surface area contributed by atoms with Crippen LogP contribution >= 0.6 is 23.2 Å². The van der Waals surface area contributed by atoms with Crippen LogP contribution in [0, 0.1) is 10.1 Å². The van der Waals surface area contributed by atoms with Gasteiger partial charge in [0.05, 0.1) is 11.0 Å². The first kappa shape index (κ1) is 19.9. The number of hydrogen-bond donors (Lipinski definition) is 1. The van der Waals surface area contributed by atoms with Crippen LogP contribution < -0.4 is 10.2 Å². The minimum Gasteiger partial charge on any atom is -0.351 e. The van der Waals surface area contributed by atoms with Crippen molar-refractivity contribution in [3.8, 4) is 0 Å². The van der Waals surface area contributed by atoms with Crippen LogP contribution in [-0.2, 0) is 4.79 Å². The van der Waals surface area contributed by atoms with Crippen LogP contribution in [0.5, 0.6) is 0 Å². The summed E-state index contributed by atoms with van der Waals surface area (Å²) in [6.07, 6.45) is 1.75. The molecule has 0 saturated carbocycles. The highest BCUT2D eigenvalue weighted by Gasteiger charge is 2.35. The van der Waals surface area contributed by atoms with E-state index >= 15 is 0 Å². The molecule has 1 aliphatic heterocycles. The van der Waals surface area contributed by atoms with E-state index in [-0.39, 0.29) is 11.6 Å². The maximum Gasteiger partial charge on any atom is 0.275 e. The lowest BCUT2D eigenvalue weighted by Gasteiger charge is -2.25. The zero-order valence-corrected chi connectivity index (χ0v) is 17.0. The molecule has 0 spiro atoms. The summed E-state index contributed by atoms with van der Waals surface area (Å²) in [4.78, 5) is 25.6. The topological polar surface area (TPSA) is 75.5 Å². The van der Waals surface area contributed by atoms with Gasteiger partial charge in [0, 0.05) is 33.6 Å². The lowest BCUT2D eigenvalue weighted by atomic mass is 10.1. The molecule has 0 bridgehead atoms. The van der Waals surface area contributed by atoms with Crippen molar-refractivity contribution in [3.05, 3.63) is 110 Å². The van der Waals surface area contributed by atoms with Gasteiger partial charge in [-0.05, 0) is 60.2 Å². The number of nitrogens with one attached hydrogen (secondary N) is 1. The normalized spacial score (nSPS) is 15.8. The Labute approximate surface area is 182 Å². The first-order chi connectivity index (χ1) is 14.4. The number of carbonyl (C=O) groups excluding carboxylic acids is 1. The molecule has 0 fully saturated rings. The van der Waals surface area contributed by atoms with E-state index in [4.69, 9.17) is 23.2 Å². The van der Waals surface area contributed by atoms with E-state index in [1.54, 1.807) is 71.6 Å². The van der Waals surface area contributed by atoms with Gasteiger partial charge >= 0.3 is 0 Å². The fraction of sp³-hybridized carbons (Fsp3) is 0.0455. The molecule has 0 aromatic heterocycles. The molecule has 1 amide bonds. The van der Waals surface area contributed by atoms with Gasteiger partial charge in [0.15, 0.2) is 0 Å². The van der Waals surface area contributed by atoms with Crippen molar-refractivity contribution in [2.45, 2.75) is 6.04 Å². The number of non-ortho nitro benzene ring substituents is 1. The molecule has 0 saturated heterocycles. The van der Waals surface area contributed by atoms with E-state index in [1.807, 2.05) is 0 Å². The molecule has 30 heavy (non-hydrogen) atoms. The van der Waals surface area contributed by atoms with Crippen LogP contribution in [0.4, 0.5) is 17.1 Å².